The Bertz CT molecular complexity index is 540. The molecule has 1 atom stereocenters. The summed E-state index contributed by atoms with van der Waals surface area (Å²) in [6.45, 7) is 0. The van der Waals surface area contributed by atoms with E-state index >= 15 is 0 Å². The summed E-state index contributed by atoms with van der Waals surface area (Å²) >= 11 is 3.13. The van der Waals surface area contributed by atoms with Gasteiger partial charge in [-0.05, 0) is 31.0 Å². The molecule has 2 rings (SSSR count). The van der Waals surface area contributed by atoms with Crippen LogP contribution in [0.25, 0.3) is 0 Å². The van der Waals surface area contributed by atoms with Gasteiger partial charge in [0.1, 0.15) is 12.2 Å². The molecule has 1 aromatic rings. The van der Waals surface area contributed by atoms with E-state index in [2.05, 4.69) is 26.6 Å². The van der Waals surface area contributed by atoms with Crippen LogP contribution < -0.4 is 10.6 Å². The van der Waals surface area contributed by atoms with Gasteiger partial charge in [-0.3, -0.25) is 9.59 Å². The van der Waals surface area contributed by atoms with Crippen molar-refractivity contribution in [3.8, 4) is 0 Å². The van der Waals surface area contributed by atoms with E-state index in [9.17, 15) is 14.0 Å². The summed E-state index contributed by atoms with van der Waals surface area (Å²) in [7, 11) is 0. The molecule has 4 nitrogen and oxygen atoms in total. The summed E-state index contributed by atoms with van der Waals surface area (Å²) < 4.78 is 13.7. The van der Waals surface area contributed by atoms with Gasteiger partial charge in [0, 0.05) is 16.2 Å². The number of hydrogen-bond donors (Lipinski definition) is 2. The number of carbonyl (C=O) groups excluding carboxylic acids is 2. The summed E-state index contributed by atoms with van der Waals surface area (Å²) in [5.74, 6) is -1.27. The molecule has 1 aliphatic rings. The predicted molar refractivity (Wildman–Crippen MR) is 77.7 cm³/mol. The second-order valence-corrected chi connectivity index (χ2v) is 5.48. The maximum Gasteiger partial charge on any atom is 0.233 e. The first-order chi connectivity index (χ1) is 9.52. The van der Waals surface area contributed by atoms with Gasteiger partial charge in [-0.25, -0.2) is 4.39 Å². The van der Waals surface area contributed by atoms with E-state index in [-0.39, 0.29) is 18.4 Å². The average Bonchev–Trinajstić information content (AvgIpc) is 2.79. The van der Waals surface area contributed by atoms with Crippen LogP contribution in [-0.4, -0.2) is 17.9 Å². The molecular formula is C14H14BrFN2O2. The Labute approximate surface area is 124 Å². The van der Waals surface area contributed by atoms with Gasteiger partial charge in [0.05, 0.1) is 0 Å². The molecule has 1 aliphatic carbocycles. The summed E-state index contributed by atoms with van der Waals surface area (Å²) in [6.07, 6.45) is 5.44. The number of carbonyl (C=O) groups is 2. The smallest absolute Gasteiger partial charge is 0.233 e. The molecule has 0 spiro atoms. The molecular weight excluding hydrogens is 327 g/mol. The van der Waals surface area contributed by atoms with Gasteiger partial charge >= 0.3 is 0 Å². The van der Waals surface area contributed by atoms with Crippen molar-refractivity contribution in [1.82, 2.24) is 5.32 Å². The third-order valence-electron chi connectivity index (χ3n) is 2.83. The number of rotatable bonds is 4. The van der Waals surface area contributed by atoms with Gasteiger partial charge in [0.2, 0.25) is 11.8 Å². The molecule has 0 fully saturated rings. The highest BCUT2D eigenvalue weighted by atomic mass is 79.9. The first kappa shape index (κ1) is 14.7. The van der Waals surface area contributed by atoms with E-state index in [1.807, 2.05) is 12.2 Å². The standard InChI is InChI=1S/C14H14BrFN2O2/c15-9-5-10(16)7-12(6-9)18-14(20)8-13(19)17-11-3-1-2-4-11/h1,3,5-7,11H,2,4,8H2,(H,17,19)(H,18,20). The summed E-state index contributed by atoms with van der Waals surface area (Å²) in [6, 6.07) is 4.06. The van der Waals surface area contributed by atoms with Crippen molar-refractivity contribution >= 4 is 33.4 Å². The predicted octanol–water partition coefficient (Wildman–Crippen LogP) is 2.75. The highest BCUT2D eigenvalue weighted by molar-refractivity contribution is 9.10. The van der Waals surface area contributed by atoms with Crippen LogP contribution in [0.15, 0.2) is 34.8 Å². The van der Waals surface area contributed by atoms with Gasteiger partial charge in [-0.15, -0.1) is 0 Å². The Kier molecular flexibility index (Phi) is 4.89. The fourth-order valence-electron chi connectivity index (χ4n) is 1.99. The molecule has 0 saturated carbocycles. The van der Waals surface area contributed by atoms with Gasteiger partial charge < -0.3 is 10.6 Å². The molecule has 0 saturated heterocycles. The van der Waals surface area contributed by atoms with Crippen LogP contribution in [0.3, 0.4) is 0 Å². The van der Waals surface area contributed by atoms with Gasteiger partial charge in [0.15, 0.2) is 0 Å². The zero-order chi connectivity index (χ0) is 14.5. The lowest BCUT2D eigenvalue weighted by Crippen LogP contribution is -2.34. The number of anilines is 1. The zero-order valence-corrected chi connectivity index (χ0v) is 12.2. The number of hydrogen-bond acceptors (Lipinski definition) is 2. The van der Waals surface area contributed by atoms with Gasteiger partial charge in [-0.2, -0.15) is 0 Å². The van der Waals surface area contributed by atoms with E-state index in [0.717, 1.165) is 12.8 Å². The second-order valence-electron chi connectivity index (χ2n) is 4.56. The minimum absolute atomic E-state index is 0.0126. The molecule has 2 N–H and O–H groups in total. The van der Waals surface area contributed by atoms with Crippen LogP contribution in [0.4, 0.5) is 10.1 Å². The number of halogens is 2. The molecule has 0 aromatic heterocycles. The van der Waals surface area contributed by atoms with Crippen molar-refractivity contribution in [2.45, 2.75) is 25.3 Å². The molecule has 6 heteroatoms. The van der Waals surface area contributed by atoms with Crippen LogP contribution in [0.5, 0.6) is 0 Å². The van der Waals surface area contributed by atoms with Crippen LogP contribution in [0, 0.1) is 5.82 Å². The molecule has 0 radical (unpaired) electrons. The lowest BCUT2D eigenvalue weighted by Gasteiger charge is -2.11. The van der Waals surface area contributed by atoms with E-state index in [0.29, 0.717) is 10.2 Å². The molecule has 0 heterocycles. The Hall–Kier alpha value is -1.69. The number of amides is 2. The van der Waals surface area contributed by atoms with Crippen molar-refractivity contribution in [3.63, 3.8) is 0 Å². The van der Waals surface area contributed by atoms with Crippen molar-refractivity contribution in [3.05, 3.63) is 40.6 Å². The topological polar surface area (TPSA) is 58.2 Å². The van der Waals surface area contributed by atoms with Crippen molar-refractivity contribution in [2.75, 3.05) is 5.32 Å². The molecule has 106 valence electrons. The van der Waals surface area contributed by atoms with Crippen molar-refractivity contribution in [2.24, 2.45) is 0 Å². The lowest BCUT2D eigenvalue weighted by atomic mass is 10.2. The highest BCUT2D eigenvalue weighted by Gasteiger charge is 2.15. The van der Waals surface area contributed by atoms with E-state index in [4.69, 9.17) is 0 Å². The molecule has 0 aliphatic heterocycles. The van der Waals surface area contributed by atoms with Crippen molar-refractivity contribution < 1.29 is 14.0 Å². The minimum atomic E-state index is -0.470. The number of nitrogens with one attached hydrogen (secondary N) is 2. The molecule has 1 aromatic carbocycles. The van der Waals surface area contributed by atoms with Crippen LogP contribution in [0.2, 0.25) is 0 Å². The minimum Gasteiger partial charge on any atom is -0.349 e. The SMILES string of the molecule is O=C(CC(=O)NC1C=CCC1)Nc1cc(F)cc(Br)c1. The Morgan fingerprint density at radius 3 is 2.75 bits per heavy atom. The molecule has 0 bridgehead atoms. The summed E-state index contributed by atoms with van der Waals surface area (Å²) in [5.41, 5.74) is 0.315. The highest BCUT2D eigenvalue weighted by Crippen LogP contribution is 2.18. The normalized spacial score (nSPS) is 17.0. The fraction of sp³-hybridized carbons (Fsp3) is 0.286. The lowest BCUT2D eigenvalue weighted by molar-refractivity contribution is -0.127. The van der Waals surface area contributed by atoms with Crippen LogP contribution >= 0.6 is 15.9 Å². The maximum absolute atomic E-state index is 13.1. The number of benzene rings is 1. The molecule has 2 amide bonds. The maximum atomic E-state index is 13.1. The Morgan fingerprint density at radius 2 is 2.10 bits per heavy atom. The Balaban J connectivity index is 1.85. The third kappa shape index (κ3) is 4.45. The van der Waals surface area contributed by atoms with Crippen molar-refractivity contribution in [1.29, 1.82) is 0 Å². The second kappa shape index (κ2) is 6.65. The first-order valence-electron chi connectivity index (χ1n) is 6.25. The quantitative estimate of drug-likeness (QED) is 0.654. The summed E-state index contributed by atoms with van der Waals surface area (Å²) in [4.78, 5) is 23.3. The number of allylic oxidation sites excluding steroid dienone is 1. The fourth-order valence-corrected chi connectivity index (χ4v) is 2.45. The van der Waals surface area contributed by atoms with Gasteiger partial charge in [0.25, 0.3) is 0 Å². The third-order valence-corrected chi connectivity index (χ3v) is 3.28. The zero-order valence-electron chi connectivity index (χ0n) is 10.7. The molecule has 20 heavy (non-hydrogen) atoms. The summed E-state index contributed by atoms with van der Waals surface area (Å²) in [5, 5.41) is 5.24. The monoisotopic (exact) mass is 340 g/mol. The Morgan fingerprint density at radius 1 is 1.30 bits per heavy atom. The average molecular weight is 341 g/mol. The van der Waals surface area contributed by atoms with E-state index in [1.165, 1.54) is 12.1 Å². The van der Waals surface area contributed by atoms with E-state index in [1.54, 1.807) is 6.07 Å². The first-order valence-corrected chi connectivity index (χ1v) is 7.04. The molecule has 1 unspecified atom stereocenters. The van der Waals surface area contributed by atoms with Gasteiger partial charge in [-0.1, -0.05) is 28.1 Å². The largest absolute Gasteiger partial charge is 0.349 e. The van der Waals surface area contributed by atoms with E-state index < -0.39 is 11.7 Å². The van der Waals surface area contributed by atoms with Crippen LogP contribution in [0.1, 0.15) is 19.3 Å². The van der Waals surface area contributed by atoms with Crippen LogP contribution in [-0.2, 0) is 9.59 Å².